The van der Waals surface area contributed by atoms with Gasteiger partial charge in [-0.1, -0.05) is 0 Å². The lowest BCUT2D eigenvalue weighted by atomic mass is 10.3. The van der Waals surface area contributed by atoms with Gasteiger partial charge in [0.2, 0.25) is 0 Å². The van der Waals surface area contributed by atoms with E-state index in [1.165, 1.54) is 13.2 Å². The smallest absolute Gasteiger partial charge is 0.167 e. The van der Waals surface area contributed by atoms with Crippen LogP contribution in [0.1, 0.15) is 0 Å². The predicted octanol–water partition coefficient (Wildman–Crippen LogP) is 2.63. The van der Waals surface area contributed by atoms with Crippen LogP contribution in [0.4, 0.5) is 4.39 Å². The van der Waals surface area contributed by atoms with E-state index in [1.54, 1.807) is 6.07 Å². The van der Waals surface area contributed by atoms with E-state index in [4.69, 9.17) is 4.74 Å². The maximum atomic E-state index is 13.3. The summed E-state index contributed by atoms with van der Waals surface area (Å²) in [4.78, 5) is 0. The van der Waals surface area contributed by atoms with Crippen LogP contribution in [0.15, 0.2) is 42.7 Å². The van der Waals surface area contributed by atoms with Gasteiger partial charge in [-0.2, -0.15) is 0 Å². The first-order valence-corrected chi connectivity index (χ1v) is 4.28. The number of nitrogens with zero attached hydrogens (tertiary/aromatic N) is 1. The minimum atomic E-state index is -0.348. The van der Waals surface area contributed by atoms with Crippen LogP contribution in [-0.2, 0) is 0 Å². The Bertz CT molecular complexity index is 423. The molecular weight excluding hydrogens is 181 g/mol. The topological polar surface area (TPSA) is 14.2 Å². The van der Waals surface area contributed by atoms with Gasteiger partial charge in [-0.3, -0.25) is 0 Å². The van der Waals surface area contributed by atoms with Crippen LogP contribution in [0.25, 0.3) is 5.69 Å². The summed E-state index contributed by atoms with van der Waals surface area (Å²) in [6.07, 6.45) is 3.72. The zero-order valence-electron chi connectivity index (χ0n) is 7.77. The Kier molecular flexibility index (Phi) is 2.23. The van der Waals surface area contributed by atoms with Gasteiger partial charge in [0.25, 0.3) is 0 Å². The maximum absolute atomic E-state index is 13.3. The second kappa shape index (κ2) is 3.54. The fourth-order valence-corrected chi connectivity index (χ4v) is 1.32. The highest BCUT2D eigenvalue weighted by molar-refractivity contribution is 5.39. The van der Waals surface area contributed by atoms with Crippen LogP contribution in [0.5, 0.6) is 5.75 Å². The number of ether oxygens (including phenoxy) is 1. The molecule has 0 radical (unpaired) electrons. The van der Waals surface area contributed by atoms with Crippen LogP contribution in [0, 0.1) is 5.82 Å². The lowest BCUT2D eigenvalue weighted by Gasteiger charge is -2.05. The number of hydrogen-bond acceptors (Lipinski definition) is 1. The molecular formula is C11H10FNO. The summed E-state index contributed by atoms with van der Waals surface area (Å²) >= 11 is 0. The van der Waals surface area contributed by atoms with Crippen LogP contribution in [0.2, 0.25) is 0 Å². The number of halogens is 1. The fraction of sp³-hybridized carbons (Fsp3) is 0.0909. The van der Waals surface area contributed by atoms with Crippen molar-refractivity contribution < 1.29 is 9.13 Å². The molecule has 0 aliphatic heterocycles. The zero-order valence-corrected chi connectivity index (χ0v) is 7.77. The monoisotopic (exact) mass is 191 g/mol. The van der Waals surface area contributed by atoms with E-state index in [1.807, 2.05) is 35.2 Å². The molecule has 0 fully saturated rings. The number of rotatable bonds is 2. The van der Waals surface area contributed by atoms with Gasteiger partial charge < -0.3 is 9.30 Å². The molecule has 3 heteroatoms. The molecule has 0 aliphatic carbocycles. The highest BCUT2D eigenvalue weighted by atomic mass is 19.1. The van der Waals surface area contributed by atoms with Crippen molar-refractivity contribution in [3.8, 4) is 11.4 Å². The van der Waals surface area contributed by atoms with Gasteiger partial charge in [0, 0.05) is 24.1 Å². The molecule has 0 N–H and O–H groups in total. The third kappa shape index (κ3) is 1.48. The SMILES string of the molecule is COc1ccc(-n2cccc2)cc1F. The second-order valence-electron chi connectivity index (χ2n) is 2.91. The van der Waals surface area contributed by atoms with Crippen molar-refractivity contribution >= 4 is 0 Å². The maximum Gasteiger partial charge on any atom is 0.167 e. The van der Waals surface area contributed by atoms with Gasteiger partial charge in [-0.05, 0) is 24.3 Å². The summed E-state index contributed by atoms with van der Waals surface area (Å²) in [5.74, 6) is -0.0837. The van der Waals surface area contributed by atoms with Crippen LogP contribution >= 0.6 is 0 Å². The Hall–Kier alpha value is -1.77. The molecule has 72 valence electrons. The molecule has 1 aromatic carbocycles. The highest BCUT2D eigenvalue weighted by Crippen LogP contribution is 2.19. The van der Waals surface area contributed by atoms with E-state index < -0.39 is 0 Å². The van der Waals surface area contributed by atoms with Crippen LogP contribution in [-0.4, -0.2) is 11.7 Å². The molecule has 0 unspecified atom stereocenters. The van der Waals surface area contributed by atoms with Gasteiger partial charge in [0.15, 0.2) is 11.6 Å². The van der Waals surface area contributed by atoms with E-state index in [-0.39, 0.29) is 11.6 Å². The third-order valence-corrected chi connectivity index (χ3v) is 2.04. The van der Waals surface area contributed by atoms with Crippen molar-refractivity contribution in [1.82, 2.24) is 4.57 Å². The minimum Gasteiger partial charge on any atom is -0.494 e. The van der Waals surface area contributed by atoms with Gasteiger partial charge in [-0.25, -0.2) is 4.39 Å². The molecule has 0 bridgehead atoms. The lowest BCUT2D eigenvalue weighted by molar-refractivity contribution is 0.386. The Morgan fingerprint density at radius 1 is 1.21 bits per heavy atom. The number of benzene rings is 1. The molecule has 0 amide bonds. The fourth-order valence-electron chi connectivity index (χ4n) is 1.32. The van der Waals surface area contributed by atoms with Gasteiger partial charge in [0.1, 0.15) is 0 Å². The second-order valence-corrected chi connectivity index (χ2v) is 2.91. The van der Waals surface area contributed by atoms with Crippen molar-refractivity contribution in [1.29, 1.82) is 0 Å². The van der Waals surface area contributed by atoms with Crippen molar-refractivity contribution in [3.05, 3.63) is 48.5 Å². The normalized spacial score (nSPS) is 10.1. The number of aromatic nitrogens is 1. The summed E-state index contributed by atoms with van der Waals surface area (Å²) < 4.78 is 20.0. The van der Waals surface area contributed by atoms with Gasteiger partial charge >= 0.3 is 0 Å². The molecule has 2 rings (SSSR count). The standard InChI is InChI=1S/C11H10FNO/c1-14-11-5-4-9(8-10(11)12)13-6-2-3-7-13/h2-8H,1H3. The predicted molar refractivity (Wildman–Crippen MR) is 52.3 cm³/mol. The summed E-state index contributed by atoms with van der Waals surface area (Å²) in [6, 6.07) is 8.65. The van der Waals surface area contributed by atoms with Crippen molar-refractivity contribution in [2.24, 2.45) is 0 Å². The molecule has 0 saturated heterocycles. The summed E-state index contributed by atoms with van der Waals surface area (Å²) in [5.41, 5.74) is 0.785. The summed E-state index contributed by atoms with van der Waals surface area (Å²) in [6.45, 7) is 0. The average Bonchev–Trinajstić information content (AvgIpc) is 2.70. The first-order valence-electron chi connectivity index (χ1n) is 4.28. The van der Waals surface area contributed by atoms with Gasteiger partial charge in [0.05, 0.1) is 7.11 Å². The Morgan fingerprint density at radius 2 is 1.93 bits per heavy atom. The van der Waals surface area contributed by atoms with E-state index in [2.05, 4.69) is 0 Å². The Labute approximate surface area is 81.6 Å². The molecule has 0 atom stereocenters. The molecule has 0 aliphatic rings. The van der Waals surface area contributed by atoms with Crippen molar-refractivity contribution in [2.45, 2.75) is 0 Å². The highest BCUT2D eigenvalue weighted by Gasteiger charge is 2.03. The summed E-state index contributed by atoms with van der Waals surface area (Å²) in [5, 5.41) is 0. The molecule has 2 nitrogen and oxygen atoms in total. The molecule has 0 spiro atoms. The molecule has 0 saturated carbocycles. The molecule has 2 aromatic rings. The zero-order chi connectivity index (χ0) is 9.97. The number of hydrogen-bond donors (Lipinski definition) is 0. The average molecular weight is 191 g/mol. The quantitative estimate of drug-likeness (QED) is 0.711. The van der Waals surface area contributed by atoms with E-state index in [9.17, 15) is 4.39 Å². The van der Waals surface area contributed by atoms with E-state index in [0.29, 0.717) is 0 Å². The first kappa shape index (κ1) is 8.81. The Morgan fingerprint density at radius 3 is 2.50 bits per heavy atom. The lowest BCUT2D eigenvalue weighted by Crippen LogP contribution is -1.93. The van der Waals surface area contributed by atoms with E-state index >= 15 is 0 Å². The van der Waals surface area contributed by atoms with Crippen molar-refractivity contribution in [2.75, 3.05) is 7.11 Å². The van der Waals surface area contributed by atoms with Crippen LogP contribution < -0.4 is 4.74 Å². The van der Waals surface area contributed by atoms with Crippen molar-refractivity contribution in [3.63, 3.8) is 0 Å². The molecule has 14 heavy (non-hydrogen) atoms. The summed E-state index contributed by atoms with van der Waals surface area (Å²) in [7, 11) is 1.45. The molecule has 1 heterocycles. The van der Waals surface area contributed by atoms with Crippen LogP contribution in [0.3, 0.4) is 0 Å². The van der Waals surface area contributed by atoms with E-state index in [0.717, 1.165) is 5.69 Å². The van der Waals surface area contributed by atoms with Gasteiger partial charge in [-0.15, -0.1) is 0 Å². The largest absolute Gasteiger partial charge is 0.494 e. The minimum absolute atomic E-state index is 0.265. The third-order valence-electron chi connectivity index (χ3n) is 2.04. The number of methoxy groups -OCH3 is 1. The molecule has 1 aromatic heterocycles. The first-order chi connectivity index (χ1) is 6.81. The Balaban J connectivity index is 2.43.